The van der Waals surface area contributed by atoms with Gasteiger partial charge in [0.15, 0.2) is 0 Å². The van der Waals surface area contributed by atoms with Crippen LogP contribution in [0, 0.1) is 0 Å². The van der Waals surface area contributed by atoms with Crippen molar-refractivity contribution in [3.63, 3.8) is 0 Å². The molecule has 1 heteroatoms. The quantitative estimate of drug-likeness (QED) is 0.601. The van der Waals surface area contributed by atoms with Crippen molar-refractivity contribution in [2.75, 3.05) is 5.32 Å². The van der Waals surface area contributed by atoms with Crippen LogP contribution in [0.25, 0.3) is 11.1 Å². The Balaban J connectivity index is 1.62. The zero-order valence-electron chi connectivity index (χ0n) is 13.8. The van der Waals surface area contributed by atoms with Crippen LogP contribution >= 0.6 is 0 Å². The highest BCUT2D eigenvalue weighted by Crippen LogP contribution is 2.20. The smallest absolute Gasteiger partial charge is 0.0400 e. The third-order valence-electron chi connectivity index (χ3n) is 4.14. The summed E-state index contributed by atoms with van der Waals surface area (Å²) in [6.07, 6.45) is 0. The van der Waals surface area contributed by atoms with Gasteiger partial charge in [0, 0.05) is 12.2 Å². The second-order valence-corrected chi connectivity index (χ2v) is 6.19. The monoisotopic (exact) mass is 301 g/mol. The molecule has 0 aromatic heterocycles. The first-order valence-electron chi connectivity index (χ1n) is 8.20. The van der Waals surface area contributed by atoms with E-state index in [0.717, 1.165) is 6.54 Å². The molecule has 3 aromatic carbocycles. The molecule has 0 aliphatic rings. The van der Waals surface area contributed by atoms with E-state index in [-0.39, 0.29) is 0 Å². The predicted molar refractivity (Wildman–Crippen MR) is 99.7 cm³/mol. The average Bonchev–Trinajstić information content (AvgIpc) is 2.61. The first kappa shape index (κ1) is 15.4. The molecule has 0 fully saturated rings. The Hall–Kier alpha value is -2.54. The molecule has 3 aromatic rings. The third-order valence-corrected chi connectivity index (χ3v) is 4.14. The Morgan fingerprint density at radius 2 is 1.30 bits per heavy atom. The van der Waals surface area contributed by atoms with Crippen molar-refractivity contribution in [3.8, 4) is 11.1 Å². The van der Waals surface area contributed by atoms with Crippen molar-refractivity contribution in [1.29, 1.82) is 0 Å². The highest BCUT2D eigenvalue weighted by atomic mass is 14.9. The van der Waals surface area contributed by atoms with E-state index in [0.29, 0.717) is 5.92 Å². The van der Waals surface area contributed by atoms with E-state index in [1.54, 1.807) is 0 Å². The summed E-state index contributed by atoms with van der Waals surface area (Å²) < 4.78 is 0. The van der Waals surface area contributed by atoms with Gasteiger partial charge in [0.2, 0.25) is 0 Å². The number of benzene rings is 3. The van der Waals surface area contributed by atoms with E-state index in [4.69, 9.17) is 0 Å². The van der Waals surface area contributed by atoms with E-state index in [1.165, 1.54) is 27.9 Å². The first-order chi connectivity index (χ1) is 11.2. The lowest BCUT2D eigenvalue weighted by molar-refractivity contribution is 0.867. The molecule has 1 N–H and O–H groups in total. The minimum Gasteiger partial charge on any atom is -0.381 e. The van der Waals surface area contributed by atoms with Gasteiger partial charge in [0.25, 0.3) is 0 Å². The Morgan fingerprint density at radius 1 is 0.696 bits per heavy atom. The minimum atomic E-state index is 0.578. The number of hydrogen-bond acceptors (Lipinski definition) is 1. The molecule has 23 heavy (non-hydrogen) atoms. The second kappa shape index (κ2) is 7.15. The molecule has 0 radical (unpaired) electrons. The number of rotatable bonds is 5. The van der Waals surface area contributed by atoms with Crippen LogP contribution in [0.1, 0.15) is 30.9 Å². The van der Waals surface area contributed by atoms with Gasteiger partial charge in [0.1, 0.15) is 0 Å². The summed E-state index contributed by atoms with van der Waals surface area (Å²) in [6.45, 7) is 5.28. The molecule has 0 aliphatic heterocycles. The zero-order chi connectivity index (χ0) is 16.1. The topological polar surface area (TPSA) is 12.0 Å². The van der Waals surface area contributed by atoms with Crippen molar-refractivity contribution in [3.05, 3.63) is 90.0 Å². The van der Waals surface area contributed by atoms with Crippen molar-refractivity contribution >= 4 is 5.69 Å². The molecule has 116 valence electrons. The van der Waals surface area contributed by atoms with Gasteiger partial charge in [0.05, 0.1) is 0 Å². The SMILES string of the molecule is CC(C)c1ccc(NCc2ccc(-c3ccccc3)cc2)cc1. The highest BCUT2D eigenvalue weighted by molar-refractivity contribution is 5.63. The molecule has 0 saturated heterocycles. The van der Waals surface area contributed by atoms with E-state index < -0.39 is 0 Å². The van der Waals surface area contributed by atoms with E-state index in [9.17, 15) is 0 Å². The Bertz CT molecular complexity index is 725. The summed E-state index contributed by atoms with van der Waals surface area (Å²) >= 11 is 0. The van der Waals surface area contributed by atoms with Gasteiger partial charge in [-0.05, 0) is 40.3 Å². The van der Waals surface area contributed by atoms with Crippen LogP contribution < -0.4 is 5.32 Å². The fourth-order valence-electron chi connectivity index (χ4n) is 2.64. The average molecular weight is 301 g/mol. The van der Waals surface area contributed by atoms with Crippen LogP contribution in [-0.2, 0) is 6.54 Å². The fraction of sp³-hybridized carbons (Fsp3) is 0.182. The number of hydrogen-bond donors (Lipinski definition) is 1. The molecule has 3 rings (SSSR count). The van der Waals surface area contributed by atoms with Crippen LogP contribution in [0.2, 0.25) is 0 Å². The van der Waals surface area contributed by atoms with Crippen LogP contribution in [0.5, 0.6) is 0 Å². The van der Waals surface area contributed by atoms with E-state index in [1.807, 2.05) is 6.07 Å². The lowest BCUT2D eigenvalue weighted by Crippen LogP contribution is -1.99. The Morgan fingerprint density at radius 3 is 1.91 bits per heavy atom. The molecule has 0 spiro atoms. The third kappa shape index (κ3) is 4.01. The molecule has 1 nitrogen and oxygen atoms in total. The molecule has 0 amide bonds. The van der Waals surface area contributed by atoms with E-state index >= 15 is 0 Å². The van der Waals surface area contributed by atoms with E-state index in [2.05, 4.69) is 92.0 Å². The summed E-state index contributed by atoms with van der Waals surface area (Å²) in [7, 11) is 0. The van der Waals surface area contributed by atoms with Crippen molar-refractivity contribution in [1.82, 2.24) is 0 Å². The molecule has 0 unspecified atom stereocenters. The summed E-state index contributed by atoms with van der Waals surface area (Å²) in [5.41, 5.74) is 6.36. The molecule has 0 aliphatic carbocycles. The summed E-state index contributed by atoms with van der Waals surface area (Å²) in [4.78, 5) is 0. The molecular weight excluding hydrogens is 278 g/mol. The summed E-state index contributed by atoms with van der Waals surface area (Å²) in [6, 6.07) is 28.0. The summed E-state index contributed by atoms with van der Waals surface area (Å²) in [5.74, 6) is 0.578. The van der Waals surface area contributed by atoms with Gasteiger partial charge < -0.3 is 5.32 Å². The van der Waals surface area contributed by atoms with Crippen molar-refractivity contribution in [2.45, 2.75) is 26.3 Å². The molecular formula is C22H23N. The first-order valence-corrected chi connectivity index (χ1v) is 8.20. The molecule has 0 heterocycles. The number of anilines is 1. The standard InChI is InChI=1S/C22H23N/c1-17(2)19-12-14-22(15-13-19)23-16-18-8-10-21(11-9-18)20-6-4-3-5-7-20/h3-15,17,23H,16H2,1-2H3. The Kier molecular flexibility index (Phi) is 4.77. The molecule has 0 saturated carbocycles. The number of nitrogens with one attached hydrogen (secondary N) is 1. The molecule has 0 atom stereocenters. The maximum absolute atomic E-state index is 3.49. The van der Waals surface area contributed by atoms with Crippen molar-refractivity contribution in [2.24, 2.45) is 0 Å². The normalized spacial score (nSPS) is 10.7. The van der Waals surface area contributed by atoms with Crippen LogP contribution in [0.4, 0.5) is 5.69 Å². The van der Waals surface area contributed by atoms with Gasteiger partial charge in [-0.25, -0.2) is 0 Å². The second-order valence-electron chi connectivity index (χ2n) is 6.19. The summed E-state index contributed by atoms with van der Waals surface area (Å²) in [5, 5.41) is 3.49. The Labute approximate surface area is 139 Å². The van der Waals surface area contributed by atoms with Crippen molar-refractivity contribution < 1.29 is 0 Å². The van der Waals surface area contributed by atoms with Crippen LogP contribution in [-0.4, -0.2) is 0 Å². The zero-order valence-corrected chi connectivity index (χ0v) is 13.8. The van der Waals surface area contributed by atoms with Crippen LogP contribution in [0.15, 0.2) is 78.9 Å². The van der Waals surface area contributed by atoms with Crippen LogP contribution in [0.3, 0.4) is 0 Å². The lowest BCUT2D eigenvalue weighted by atomic mass is 10.0. The minimum absolute atomic E-state index is 0.578. The highest BCUT2D eigenvalue weighted by Gasteiger charge is 2.00. The maximum atomic E-state index is 3.49. The lowest BCUT2D eigenvalue weighted by Gasteiger charge is -2.10. The van der Waals surface area contributed by atoms with Gasteiger partial charge in [-0.1, -0.05) is 80.6 Å². The van der Waals surface area contributed by atoms with Gasteiger partial charge in [-0.2, -0.15) is 0 Å². The fourth-order valence-corrected chi connectivity index (χ4v) is 2.64. The van der Waals surface area contributed by atoms with Gasteiger partial charge in [-0.3, -0.25) is 0 Å². The maximum Gasteiger partial charge on any atom is 0.0400 e. The molecule has 0 bridgehead atoms. The largest absolute Gasteiger partial charge is 0.381 e. The van der Waals surface area contributed by atoms with Gasteiger partial charge >= 0.3 is 0 Å². The predicted octanol–water partition coefficient (Wildman–Crippen LogP) is 6.09. The van der Waals surface area contributed by atoms with Gasteiger partial charge in [-0.15, -0.1) is 0 Å².